The van der Waals surface area contributed by atoms with E-state index in [9.17, 15) is 19.2 Å². The number of nitrogens with one attached hydrogen (secondary N) is 4. The summed E-state index contributed by atoms with van der Waals surface area (Å²) < 4.78 is 39.0. The molecule has 0 bridgehead atoms. The van der Waals surface area contributed by atoms with Crippen molar-refractivity contribution < 1.29 is 52.3 Å². The number of methoxy groups -OCH3 is 2. The third-order valence-corrected chi connectivity index (χ3v) is 13.3. The molecule has 0 saturated carbocycles. The Morgan fingerprint density at radius 2 is 1.14 bits per heavy atom. The second-order valence-corrected chi connectivity index (χ2v) is 19.9. The van der Waals surface area contributed by atoms with Crippen molar-refractivity contribution in [3.8, 4) is 17.2 Å². The summed E-state index contributed by atoms with van der Waals surface area (Å²) in [5.74, 6) is 1.48. The van der Waals surface area contributed by atoms with Crippen molar-refractivity contribution in [3.63, 3.8) is 0 Å². The average molecular weight is 1080 g/mol. The molecule has 0 aliphatic carbocycles. The van der Waals surface area contributed by atoms with Crippen molar-refractivity contribution in [3.05, 3.63) is 137 Å². The van der Waals surface area contributed by atoms with Crippen LogP contribution in [0.1, 0.15) is 80.7 Å². The maximum atomic E-state index is 13.8. The van der Waals surface area contributed by atoms with Crippen molar-refractivity contribution in [1.29, 1.82) is 0 Å². The summed E-state index contributed by atoms with van der Waals surface area (Å²) in [6, 6.07) is 33.2. The number of ether oxygens (including phenoxy) is 7. The number of amides is 4. The Morgan fingerprint density at radius 1 is 0.636 bits per heavy atom. The van der Waals surface area contributed by atoms with E-state index in [4.69, 9.17) is 44.6 Å². The monoisotopic (exact) mass is 1080 g/mol. The minimum atomic E-state index is -0.933. The fourth-order valence-corrected chi connectivity index (χ4v) is 9.53. The fourth-order valence-electron chi connectivity index (χ4n) is 7.97. The van der Waals surface area contributed by atoms with Gasteiger partial charge in [-0.2, -0.15) is 4.98 Å². The van der Waals surface area contributed by atoms with Gasteiger partial charge in [0.2, 0.25) is 29.4 Å². The molecule has 0 radical (unpaired) electrons. The Labute approximate surface area is 456 Å². The van der Waals surface area contributed by atoms with E-state index in [1.54, 1.807) is 52.9 Å². The van der Waals surface area contributed by atoms with Gasteiger partial charge in [0.15, 0.2) is 11.5 Å². The molecule has 5 aromatic rings. The molecule has 416 valence electrons. The Kier molecular flexibility index (Phi) is 25.6. The van der Waals surface area contributed by atoms with Crippen molar-refractivity contribution >= 4 is 47.3 Å². The smallest absolute Gasteiger partial charge is 0.408 e. The summed E-state index contributed by atoms with van der Waals surface area (Å²) in [4.78, 5) is 59.6. The second kappa shape index (κ2) is 32.5. The van der Waals surface area contributed by atoms with Crippen molar-refractivity contribution in [1.82, 2.24) is 31.2 Å². The molecule has 77 heavy (non-hydrogen) atoms. The Hall–Kier alpha value is -7.13. The molecule has 1 heterocycles. The summed E-state index contributed by atoms with van der Waals surface area (Å²) in [6.45, 7) is 8.54. The van der Waals surface area contributed by atoms with Crippen LogP contribution < -0.4 is 46.9 Å². The molecule has 0 aliphatic heterocycles. The van der Waals surface area contributed by atoms with Gasteiger partial charge in [-0.25, -0.2) is 9.78 Å². The quantitative estimate of drug-likeness (QED) is 0.0187. The first kappa shape index (κ1) is 60.7. The van der Waals surface area contributed by atoms with Gasteiger partial charge in [0.05, 0.1) is 65.2 Å². The fraction of sp³-hybridized carbons (Fsp3) is 0.439. The number of nitrogens with two attached hydrogens (primary N) is 2. The van der Waals surface area contributed by atoms with Crippen LogP contribution in [0.2, 0.25) is 0 Å². The first-order valence-electron chi connectivity index (χ1n) is 25.8. The predicted octanol–water partition coefficient (Wildman–Crippen LogP) is 6.60. The SMILES string of the molecule is COc1cc(Cc2cnc(N)nc2N)cc(OC)c1OCCCCNC(=O)CCCC(=O)NCCOCCOCCOCCNC(=O)[C@H](CSC(c1ccccc1)(c1ccccc1)c1ccccc1)NC(=O)OC(C)(C)C. The minimum absolute atomic E-state index is 0.107. The first-order chi connectivity index (χ1) is 37.2. The molecular formula is C57H76N8O11S. The molecule has 5 rings (SSSR count). The van der Waals surface area contributed by atoms with Gasteiger partial charge in [0.1, 0.15) is 17.5 Å². The number of carbonyl (C=O) groups excluding carboxylic acids is 4. The molecule has 1 aromatic heterocycles. The van der Waals surface area contributed by atoms with Gasteiger partial charge in [-0.3, -0.25) is 14.4 Å². The normalized spacial score (nSPS) is 11.8. The number of hydrogen-bond acceptors (Lipinski definition) is 16. The van der Waals surface area contributed by atoms with E-state index in [0.717, 1.165) is 22.3 Å². The number of alkyl carbamates (subject to hydrolysis) is 1. The zero-order chi connectivity index (χ0) is 55.3. The van der Waals surface area contributed by atoms with Gasteiger partial charge in [0, 0.05) is 56.4 Å². The molecule has 8 N–H and O–H groups in total. The van der Waals surface area contributed by atoms with Gasteiger partial charge in [-0.05, 0) is 74.4 Å². The van der Waals surface area contributed by atoms with Crippen molar-refractivity contribution in [2.24, 2.45) is 0 Å². The van der Waals surface area contributed by atoms with E-state index < -0.39 is 22.5 Å². The summed E-state index contributed by atoms with van der Waals surface area (Å²) in [5, 5.41) is 11.4. The maximum Gasteiger partial charge on any atom is 0.408 e. The van der Waals surface area contributed by atoms with Crippen LogP contribution in [0.4, 0.5) is 16.6 Å². The lowest BCUT2D eigenvalue weighted by atomic mass is 9.84. The lowest BCUT2D eigenvalue weighted by Crippen LogP contribution is -2.50. The van der Waals surface area contributed by atoms with Gasteiger partial charge < -0.3 is 65.9 Å². The number of carbonyl (C=O) groups is 4. The number of anilines is 2. The van der Waals surface area contributed by atoms with Crippen LogP contribution in [-0.2, 0) is 44.5 Å². The van der Waals surface area contributed by atoms with E-state index in [2.05, 4.69) is 67.6 Å². The highest BCUT2D eigenvalue weighted by atomic mass is 32.2. The summed E-state index contributed by atoms with van der Waals surface area (Å²) in [6.07, 6.45) is 3.58. The van der Waals surface area contributed by atoms with Gasteiger partial charge >= 0.3 is 6.09 Å². The molecule has 0 aliphatic rings. The van der Waals surface area contributed by atoms with Crippen LogP contribution >= 0.6 is 11.8 Å². The van der Waals surface area contributed by atoms with Gasteiger partial charge in [-0.1, -0.05) is 91.0 Å². The third kappa shape index (κ3) is 20.7. The number of nitrogens with zero attached hydrogens (tertiary/aromatic N) is 2. The zero-order valence-electron chi connectivity index (χ0n) is 44.9. The second-order valence-electron chi connectivity index (χ2n) is 18.7. The molecule has 1 atom stereocenters. The number of aromatic nitrogens is 2. The third-order valence-electron chi connectivity index (χ3n) is 11.7. The van der Waals surface area contributed by atoms with E-state index >= 15 is 0 Å². The highest BCUT2D eigenvalue weighted by molar-refractivity contribution is 8.00. The molecule has 0 fully saturated rings. The van der Waals surface area contributed by atoms with E-state index in [1.165, 1.54) is 0 Å². The molecule has 20 heteroatoms. The molecule has 0 saturated heterocycles. The number of hydrogen-bond donors (Lipinski definition) is 6. The van der Waals surface area contributed by atoms with Crippen LogP contribution in [0.15, 0.2) is 109 Å². The molecular weight excluding hydrogens is 1000 g/mol. The van der Waals surface area contributed by atoms with Crippen LogP contribution in [0.5, 0.6) is 17.2 Å². The minimum Gasteiger partial charge on any atom is -0.493 e. The van der Waals surface area contributed by atoms with E-state index in [0.29, 0.717) is 107 Å². The van der Waals surface area contributed by atoms with Crippen LogP contribution in [0.3, 0.4) is 0 Å². The molecule has 4 aromatic carbocycles. The molecule has 19 nitrogen and oxygen atoms in total. The van der Waals surface area contributed by atoms with Crippen molar-refractivity contribution in [2.75, 3.05) is 97.3 Å². The topological polar surface area (TPSA) is 259 Å². The van der Waals surface area contributed by atoms with Crippen LogP contribution in [-0.4, -0.2) is 131 Å². The Morgan fingerprint density at radius 3 is 1.65 bits per heavy atom. The standard InChI is InChI=1S/C57H76N8O11S/c1-56(2,3)76-55(69)64-46(40-77-57(43-18-9-6-10-19-43,44-20-11-7-12-21-44)45-22-13-8-14-23-45)53(68)62-28-31-73-33-35-74-34-32-72-30-27-61-50(67)25-17-24-49(66)60-26-15-16-29-75-51-47(70-4)37-41(38-48(51)71-5)36-42-39-63-54(59)65-52(42)58/h6-14,18-23,37-39,46H,15-17,24-36,40H2,1-5H3,(H,60,66)(H,61,67)(H,62,68)(H,64,69)(H4,58,59,63,65)/t46-/m0/s1. The molecule has 0 unspecified atom stereocenters. The molecule has 4 amide bonds. The lowest BCUT2D eigenvalue weighted by molar-refractivity contribution is -0.123. The summed E-state index contributed by atoms with van der Waals surface area (Å²) in [5.41, 5.74) is 15.6. The lowest BCUT2D eigenvalue weighted by Gasteiger charge is -2.36. The van der Waals surface area contributed by atoms with Gasteiger partial charge in [0.25, 0.3) is 0 Å². The molecule has 0 spiro atoms. The number of benzene rings is 4. The van der Waals surface area contributed by atoms with E-state index in [1.807, 2.05) is 66.7 Å². The number of unbranched alkanes of at least 4 members (excludes halogenated alkanes) is 1. The maximum absolute atomic E-state index is 13.8. The zero-order valence-corrected chi connectivity index (χ0v) is 45.8. The highest BCUT2D eigenvalue weighted by Gasteiger charge is 2.39. The van der Waals surface area contributed by atoms with Crippen LogP contribution in [0.25, 0.3) is 0 Å². The largest absolute Gasteiger partial charge is 0.493 e. The first-order valence-corrected chi connectivity index (χ1v) is 26.8. The summed E-state index contributed by atoms with van der Waals surface area (Å²) in [7, 11) is 3.10. The van der Waals surface area contributed by atoms with Crippen molar-refractivity contribution in [2.45, 2.75) is 75.7 Å². The van der Waals surface area contributed by atoms with Gasteiger partial charge in [-0.15, -0.1) is 11.8 Å². The summed E-state index contributed by atoms with van der Waals surface area (Å²) >= 11 is 1.56. The number of rotatable bonds is 34. The predicted molar refractivity (Wildman–Crippen MR) is 298 cm³/mol. The Balaban J connectivity index is 0.900. The van der Waals surface area contributed by atoms with E-state index in [-0.39, 0.29) is 55.4 Å². The van der Waals surface area contributed by atoms with Crippen LogP contribution in [0, 0.1) is 0 Å². The number of nitrogen functional groups attached to an aromatic ring is 2. The average Bonchev–Trinajstić information content (AvgIpc) is 3.43. The highest BCUT2D eigenvalue weighted by Crippen LogP contribution is 2.48. The number of thioether (sulfide) groups is 1. The Bertz CT molecular complexity index is 2450.